The lowest BCUT2D eigenvalue weighted by Crippen LogP contribution is -2.28. The molecule has 6 heteroatoms. The van der Waals surface area contributed by atoms with Gasteiger partial charge in [-0.15, -0.1) is 0 Å². The molecule has 1 aliphatic heterocycles. The summed E-state index contributed by atoms with van der Waals surface area (Å²) in [4.78, 5) is 10.6. The van der Waals surface area contributed by atoms with Crippen LogP contribution in [0.2, 0.25) is 0 Å². The van der Waals surface area contributed by atoms with Crippen molar-refractivity contribution in [2.24, 2.45) is 0 Å². The number of nitrogens with zero attached hydrogens (tertiary/aromatic N) is 4. The zero-order chi connectivity index (χ0) is 13.0. The fourth-order valence-corrected chi connectivity index (χ4v) is 1.94. The van der Waals surface area contributed by atoms with Crippen LogP contribution < -0.4 is 10.6 Å². The average molecular weight is 246 g/mol. The van der Waals surface area contributed by atoms with Crippen LogP contribution in [-0.2, 0) is 13.0 Å². The third-order valence-corrected chi connectivity index (χ3v) is 2.88. The fraction of sp³-hybridized carbons (Fsp3) is 0.583. The van der Waals surface area contributed by atoms with Crippen molar-refractivity contribution in [1.82, 2.24) is 20.2 Å². The third kappa shape index (κ3) is 2.94. The van der Waals surface area contributed by atoms with E-state index in [0.29, 0.717) is 0 Å². The van der Waals surface area contributed by atoms with Gasteiger partial charge in [0.25, 0.3) is 0 Å². The second-order valence-corrected chi connectivity index (χ2v) is 4.59. The lowest BCUT2D eigenvalue weighted by molar-refractivity contribution is 0.425. The fourth-order valence-electron chi connectivity index (χ4n) is 1.94. The van der Waals surface area contributed by atoms with E-state index in [0.717, 1.165) is 49.7 Å². The summed E-state index contributed by atoms with van der Waals surface area (Å²) < 4.78 is 0. The van der Waals surface area contributed by atoms with Gasteiger partial charge in [-0.05, 0) is 14.1 Å². The van der Waals surface area contributed by atoms with Crippen LogP contribution in [0.25, 0.3) is 0 Å². The molecule has 0 fully saturated rings. The van der Waals surface area contributed by atoms with E-state index in [-0.39, 0.29) is 5.82 Å². The highest BCUT2D eigenvalue weighted by atomic mass is 15.1. The van der Waals surface area contributed by atoms with Gasteiger partial charge in [0.15, 0.2) is 0 Å². The van der Waals surface area contributed by atoms with Crippen molar-refractivity contribution in [3.63, 3.8) is 0 Å². The van der Waals surface area contributed by atoms with E-state index in [1.54, 1.807) is 0 Å². The molecule has 2 heterocycles. The van der Waals surface area contributed by atoms with Gasteiger partial charge in [0.2, 0.25) is 5.82 Å². The molecular weight excluding hydrogens is 228 g/mol. The molecule has 0 amide bonds. The Morgan fingerprint density at radius 3 is 3.00 bits per heavy atom. The number of nitrogens with one attached hydrogen (secondary N) is 2. The van der Waals surface area contributed by atoms with Crippen LogP contribution in [-0.4, -0.2) is 48.6 Å². The SMILES string of the molecule is CN(C)CCNc1nc(C#N)nc2c1CNCC2. The van der Waals surface area contributed by atoms with Crippen molar-refractivity contribution in [3.8, 4) is 6.07 Å². The Balaban J connectivity index is 2.19. The molecule has 0 bridgehead atoms. The van der Waals surface area contributed by atoms with Crippen LogP contribution in [0.5, 0.6) is 0 Å². The van der Waals surface area contributed by atoms with Crippen molar-refractivity contribution in [2.45, 2.75) is 13.0 Å². The van der Waals surface area contributed by atoms with E-state index >= 15 is 0 Å². The summed E-state index contributed by atoms with van der Waals surface area (Å²) in [6, 6.07) is 2.02. The average Bonchev–Trinajstić information content (AvgIpc) is 2.38. The van der Waals surface area contributed by atoms with Gasteiger partial charge in [-0.25, -0.2) is 9.97 Å². The largest absolute Gasteiger partial charge is 0.368 e. The molecule has 0 saturated carbocycles. The van der Waals surface area contributed by atoms with E-state index in [1.807, 2.05) is 20.2 Å². The molecule has 1 aliphatic rings. The molecule has 0 atom stereocenters. The van der Waals surface area contributed by atoms with Gasteiger partial charge in [0.05, 0.1) is 5.69 Å². The first-order valence-electron chi connectivity index (χ1n) is 6.10. The molecule has 1 aromatic heterocycles. The van der Waals surface area contributed by atoms with E-state index in [9.17, 15) is 0 Å². The summed E-state index contributed by atoms with van der Waals surface area (Å²) in [6.45, 7) is 3.41. The van der Waals surface area contributed by atoms with Crippen molar-refractivity contribution in [3.05, 3.63) is 17.1 Å². The Kier molecular flexibility index (Phi) is 4.07. The highest BCUT2D eigenvalue weighted by Gasteiger charge is 2.17. The minimum absolute atomic E-state index is 0.253. The molecule has 0 unspecified atom stereocenters. The highest BCUT2D eigenvalue weighted by Crippen LogP contribution is 2.19. The van der Waals surface area contributed by atoms with Gasteiger partial charge in [0, 0.05) is 38.2 Å². The van der Waals surface area contributed by atoms with Crippen LogP contribution in [0.1, 0.15) is 17.1 Å². The lowest BCUT2D eigenvalue weighted by atomic mass is 10.1. The molecule has 2 rings (SSSR count). The van der Waals surface area contributed by atoms with E-state index in [1.165, 1.54) is 0 Å². The molecule has 2 N–H and O–H groups in total. The van der Waals surface area contributed by atoms with Gasteiger partial charge < -0.3 is 15.5 Å². The van der Waals surface area contributed by atoms with Crippen LogP contribution in [0.4, 0.5) is 5.82 Å². The number of hydrogen-bond donors (Lipinski definition) is 2. The maximum Gasteiger partial charge on any atom is 0.234 e. The molecule has 0 radical (unpaired) electrons. The Morgan fingerprint density at radius 1 is 1.44 bits per heavy atom. The van der Waals surface area contributed by atoms with Crippen molar-refractivity contribution in [2.75, 3.05) is 39.0 Å². The second kappa shape index (κ2) is 5.76. The molecule has 0 aliphatic carbocycles. The Morgan fingerprint density at radius 2 is 2.28 bits per heavy atom. The Bertz CT molecular complexity index is 462. The van der Waals surface area contributed by atoms with Gasteiger partial charge in [-0.1, -0.05) is 0 Å². The summed E-state index contributed by atoms with van der Waals surface area (Å²) in [6.07, 6.45) is 0.856. The number of hydrogen-bond acceptors (Lipinski definition) is 6. The molecule has 0 spiro atoms. The molecule has 96 valence electrons. The molecule has 0 saturated heterocycles. The number of nitriles is 1. The number of aromatic nitrogens is 2. The Hall–Kier alpha value is -1.71. The smallest absolute Gasteiger partial charge is 0.234 e. The predicted octanol–water partition coefficient (Wildman–Crippen LogP) is -0.0325. The van der Waals surface area contributed by atoms with Crippen LogP contribution in [0.3, 0.4) is 0 Å². The summed E-state index contributed by atoms with van der Waals surface area (Å²) >= 11 is 0. The van der Waals surface area contributed by atoms with Gasteiger partial charge in [-0.3, -0.25) is 0 Å². The number of anilines is 1. The maximum atomic E-state index is 8.95. The molecule has 1 aromatic rings. The van der Waals surface area contributed by atoms with E-state index < -0.39 is 0 Å². The quantitative estimate of drug-likeness (QED) is 0.777. The van der Waals surface area contributed by atoms with Crippen molar-refractivity contribution < 1.29 is 0 Å². The number of likely N-dealkylation sites (N-methyl/N-ethyl adjacent to an activating group) is 1. The molecule has 18 heavy (non-hydrogen) atoms. The summed E-state index contributed by atoms with van der Waals surface area (Å²) in [7, 11) is 4.05. The molecule has 6 nitrogen and oxygen atoms in total. The predicted molar refractivity (Wildman–Crippen MR) is 69.2 cm³/mol. The molecule has 0 aromatic carbocycles. The maximum absolute atomic E-state index is 8.95. The minimum Gasteiger partial charge on any atom is -0.368 e. The normalized spacial score (nSPS) is 14.1. The van der Waals surface area contributed by atoms with Crippen LogP contribution >= 0.6 is 0 Å². The van der Waals surface area contributed by atoms with Crippen molar-refractivity contribution in [1.29, 1.82) is 5.26 Å². The van der Waals surface area contributed by atoms with E-state index in [4.69, 9.17) is 5.26 Å². The Labute approximate surface area is 107 Å². The summed E-state index contributed by atoms with van der Waals surface area (Å²) in [5.41, 5.74) is 2.09. The standard InChI is InChI=1S/C12H18N6/c1-18(2)6-5-15-12-9-8-14-4-3-10(9)16-11(7-13)17-12/h14H,3-6,8H2,1-2H3,(H,15,16,17). The first kappa shape index (κ1) is 12.7. The monoisotopic (exact) mass is 246 g/mol. The van der Waals surface area contributed by atoms with Crippen molar-refractivity contribution >= 4 is 5.82 Å². The van der Waals surface area contributed by atoms with Crippen LogP contribution in [0, 0.1) is 11.3 Å². The highest BCUT2D eigenvalue weighted by molar-refractivity contribution is 5.48. The van der Waals surface area contributed by atoms with Gasteiger partial charge in [0.1, 0.15) is 11.9 Å². The summed E-state index contributed by atoms with van der Waals surface area (Å²) in [5.74, 6) is 1.05. The van der Waals surface area contributed by atoms with Gasteiger partial charge in [-0.2, -0.15) is 5.26 Å². The minimum atomic E-state index is 0.253. The first-order chi connectivity index (χ1) is 8.70. The number of rotatable bonds is 4. The molecular formula is C12H18N6. The topological polar surface area (TPSA) is 76.9 Å². The van der Waals surface area contributed by atoms with Crippen LogP contribution in [0.15, 0.2) is 0 Å². The zero-order valence-electron chi connectivity index (χ0n) is 10.8. The first-order valence-corrected chi connectivity index (χ1v) is 6.10. The second-order valence-electron chi connectivity index (χ2n) is 4.59. The van der Waals surface area contributed by atoms with E-state index in [2.05, 4.69) is 25.5 Å². The lowest BCUT2D eigenvalue weighted by Gasteiger charge is -2.20. The number of fused-ring (bicyclic) bond motifs is 1. The zero-order valence-corrected chi connectivity index (χ0v) is 10.8. The third-order valence-electron chi connectivity index (χ3n) is 2.88. The van der Waals surface area contributed by atoms with Gasteiger partial charge >= 0.3 is 0 Å². The summed E-state index contributed by atoms with van der Waals surface area (Å²) in [5, 5.41) is 15.6.